The van der Waals surface area contributed by atoms with E-state index >= 15 is 0 Å². The van der Waals surface area contributed by atoms with Gasteiger partial charge in [0.1, 0.15) is 6.26 Å². The molecule has 0 unspecified atom stereocenters. The molecule has 4 nitrogen and oxygen atoms in total. The molecule has 0 aliphatic rings. The Kier molecular flexibility index (Phi) is 7.89. The Morgan fingerprint density at radius 1 is 0.844 bits per heavy atom. The Balaban J connectivity index is 3.04. The van der Waals surface area contributed by atoms with Crippen LogP contribution < -0.4 is 0 Å². The minimum absolute atomic E-state index is 0.163. The molecule has 184 valence electrons. The monoisotopic (exact) mass is 509 g/mol. The summed E-state index contributed by atoms with van der Waals surface area (Å²) in [6.45, 7) is 0. The maximum Gasteiger partial charge on any atom is 0.457 e. The van der Waals surface area contributed by atoms with Crippen molar-refractivity contribution >= 4 is 10.0 Å². The molecule has 0 radical (unpaired) electrons. The Morgan fingerprint density at radius 3 is 1.69 bits per heavy atom. The highest BCUT2D eigenvalue weighted by Crippen LogP contribution is 2.58. The second-order valence-electron chi connectivity index (χ2n) is 6.19. The predicted octanol–water partition coefficient (Wildman–Crippen LogP) is 5.64. The Bertz CT molecular complexity index is 870. The van der Waals surface area contributed by atoms with Gasteiger partial charge in [-0.05, 0) is 35.5 Å². The van der Waals surface area contributed by atoms with Crippen molar-refractivity contribution in [3.63, 3.8) is 0 Å². The van der Waals surface area contributed by atoms with E-state index in [2.05, 4.69) is 4.84 Å². The first-order chi connectivity index (χ1) is 14.2. The van der Waals surface area contributed by atoms with Gasteiger partial charge in [0.05, 0.1) is 4.90 Å². The Hall–Kier alpha value is -2.10. The van der Waals surface area contributed by atoms with Crippen LogP contribution in [0, 0.1) is 0 Å². The Labute approximate surface area is 174 Å². The largest absolute Gasteiger partial charge is 0.457 e. The van der Waals surface area contributed by atoms with Crippen molar-refractivity contribution in [3.8, 4) is 0 Å². The highest BCUT2D eigenvalue weighted by Gasteiger charge is 2.85. The average molecular weight is 509 g/mol. The molecule has 0 aliphatic heterocycles. The van der Waals surface area contributed by atoms with Crippen molar-refractivity contribution in [2.24, 2.45) is 0 Å². The van der Waals surface area contributed by atoms with Gasteiger partial charge in [-0.25, -0.2) is 12.8 Å². The van der Waals surface area contributed by atoms with Crippen LogP contribution in [0.1, 0.15) is 12.8 Å². The van der Waals surface area contributed by atoms with Crippen LogP contribution in [0.3, 0.4) is 0 Å². The Morgan fingerprint density at radius 2 is 1.28 bits per heavy atom. The van der Waals surface area contributed by atoms with E-state index in [-0.39, 0.29) is 15.6 Å². The van der Waals surface area contributed by atoms with Crippen LogP contribution in [0.4, 0.5) is 48.3 Å². The molecule has 0 atom stereocenters. The van der Waals surface area contributed by atoms with Gasteiger partial charge in [0.15, 0.2) is 0 Å². The number of allylic oxidation sites excluding steroid dienone is 1. The van der Waals surface area contributed by atoms with Crippen molar-refractivity contribution in [1.29, 1.82) is 0 Å². The molecule has 0 aliphatic carbocycles. The molecule has 16 heteroatoms. The van der Waals surface area contributed by atoms with Crippen LogP contribution in [0.2, 0.25) is 0 Å². The van der Waals surface area contributed by atoms with Crippen LogP contribution in [0.25, 0.3) is 0 Å². The fourth-order valence-electron chi connectivity index (χ4n) is 2.24. The molecule has 0 heterocycles. The summed E-state index contributed by atoms with van der Waals surface area (Å²) in [5.74, 6) is -14.2. The summed E-state index contributed by atoms with van der Waals surface area (Å²) < 4.78 is 167. The lowest BCUT2D eigenvalue weighted by molar-refractivity contribution is -0.407. The fourth-order valence-corrected chi connectivity index (χ4v) is 3.20. The fraction of sp³-hybridized carbons (Fsp3) is 0.500. The van der Waals surface area contributed by atoms with E-state index < -0.39 is 52.7 Å². The molecular weight excluding hydrogens is 495 g/mol. The van der Waals surface area contributed by atoms with Crippen LogP contribution in [0.15, 0.2) is 47.6 Å². The van der Waals surface area contributed by atoms with E-state index in [9.17, 15) is 56.7 Å². The number of hydrogen-bond acceptors (Lipinski definition) is 3. The molecule has 1 rings (SSSR count). The molecule has 0 saturated heterocycles. The summed E-state index contributed by atoms with van der Waals surface area (Å²) in [4.78, 5) is 4.21. The molecular formula is C16H14F11NO3S. The van der Waals surface area contributed by atoms with Gasteiger partial charge in [-0.2, -0.15) is 43.9 Å². The zero-order chi connectivity index (χ0) is 25.2. The van der Waals surface area contributed by atoms with Gasteiger partial charge in [-0.15, -0.1) is 0 Å². The summed E-state index contributed by atoms with van der Waals surface area (Å²) in [5.41, 5.74) is -6.40. The van der Waals surface area contributed by atoms with Gasteiger partial charge in [-0.3, -0.25) is 0 Å². The van der Waals surface area contributed by atoms with E-state index in [0.717, 1.165) is 19.2 Å². The number of rotatable bonds is 9. The first-order valence-corrected chi connectivity index (χ1v) is 9.61. The molecule has 0 amide bonds. The van der Waals surface area contributed by atoms with Gasteiger partial charge in [0, 0.05) is 7.05 Å². The van der Waals surface area contributed by atoms with E-state index in [1.807, 2.05) is 0 Å². The number of hydrogen-bond donors (Lipinski definition) is 0. The highest BCUT2D eigenvalue weighted by molar-refractivity contribution is 7.89. The third kappa shape index (κ3) is 5.10. The lowest BCUT2D eigenvalue weighted by Gasteiger charge is -2.40. The normalized spacial score (nSPS) is 14.9. The molecule has 0 spiro atoms. The summed E-state index contributed by atoms with van der Waals surface area (Å²) >= 11 is 0. The van der Waals surface area contributed by atoms with Gasteiger partial charge in [0.2, 0.25) is 0 Å². The van der Waals surface area contributed by atoms with E-state index in [4.69, 9.17) is 0 Å². The van der Waals surface area contributed by atoms with Crippen LogP contribution in [-0.2, 0) is 14.9 Å². The van der Waals surface area contributed by atoms with Crippen molar-refractivity contribution in [2.75, 3.05) is 7.05 Å². The predicted molar refractivity (Wildman–Crippen MR) is 86.7 cm³/mol. The summed E-state index contributed by atoms with van der Waals surface area (Å²) in [6, 6.07) is 6.40. The minimum Gasteiger partial charge on any atom is -0.399 e. The number of alkyl halides is 11. The smallest absolute Gasteiger partial charge is 0.399 e. The average Bonchev–Trinajstić information content (AvgIpc) is 2.65. The zero-order valence-corrected chi connectivity index (χ0v) is 16.5. The molecule has 0 N–H and O–H groups in total. The zero-order valence-electron chi connectivity index (χ0n) is 15.7. The van der Waals surface area contributed by atoms with E-state index in [0.29, 0.717) is 6.08 Å². The molecule has 0 aromatic heterocycles. The summed E-state index contributed by atoms with van der Waals surface area (Å²) in [7, 11) is -3.48. The van der Waals surface area contributed by atoms with Crippen LogP contribution in [-0.4, -0.2) is 49.8 Å². The summed E-state index contributed by atoms with van der Waals surface area (Å²) in [6.07, 6.45) is -17.7. The highest BCUT2D eigenvalue weighted by atomic mass is 32.2. The first kappa shape index (κ1) is 27.9. The second kappa shape index (κ2) is 9.03. The number of benzene rings is 1. The van der Waals surface area contributed by atoms with E-state index in [1.54, 1.807) is 0 Å². The number of hydroxylamine groups is 1. The molecule has 0 fully saturated rings. The van der Waals surface area contributed by atoms with Gasteiger partial charge >= 0.3 is 24.2 Å². The molecule has 0 bridgehead atoms. The second-order valence-corrected chi connectivity index (χ2v) is 8.12. The van der Waals surface area contributed by atoms with Gasteiger partial charge in [-0.1, -0.05) is 18.2 Å². The standard InChI is InChI=1S/C16H14F11NO3S/c1-28(32(29,30)11-7-3-2-4-8-11)31-10-6-5-9-12(17,13(18,19)15(22,23)24)14(20,21)16(25,26)27/h2-4,6-8,10H,5,9H2,1H3. The van der Waals surface area contributed by atoms with Crippen LogP contribution in [0.5, 0.6) is 0 Å². The van der Waals surface area contributed by atoms with Crippen molar-refractivity contribution in [1.82, 2.24) is 4.47 Å². The number of nitrogens with zero attached hydrogens (tertiary/aromatic N) is 1. The topological polar surface area (TPSA) is 46.6 Å². The maximum absolute atomic E-state index is 14.2. The lowest BCUT2D eigenvalue weighted by Crippen LogP contribution is -2.67. The van der Waals surface area contributed by atoms with Crippen molar-refractivity contribution in [2.45, 2.75) is 47.6 Å². The molecule has 32 heavy (non-hydrogen) atoms. The van der Waals surface area contributed by atoms with Crippen molar-refractivity contribution in [3.05, 3.63) is 42.7 Å². The third-order valence-corrected chi connectivity index (χ3v) is 5.68. The first-order valence-electron chi connectivity index (χ1n) is 8.17. The SMILES string of the molecule is CN(OC=CCCC(F)(C(F)(F)C(F)(F)F)C(F)(F)C(F)(F)F)S(=O)(=O)c1ccccc1. The van der Waals surface area contributed by atoms with E-state index in [1.165, 1.54) is 18.2 Å². The van der Waals surface area contributed by atoms with Gasteiger partial charge in [0.25, 0.3) is 15.7 Å². The summed E-state index contributed by atoms with van der Waals surface area (Å²) in [5, 5.41) is 0. The lowest BCUT2D eigenvalue weighted by atomic mass is 9.84. The van der Waals surface area contributed by atoms with Crippen LogP contribution >= 0.6 is 0 Å². The molecule has 1 aromatic carbocycles. The number of sulfonamides is 1. The molecule has 0 saturated carbocycles. The quantitative estimate of drug-likeness (QED) is 0.246. The third-order valence-electron chi connectivity index (χ3n) is 4.05. The van der Waals surface area contributed by atoms with Gasteiger partial charge < -0.3 is 4.84 Å². The molecule has 1 aromatic rings. The minimum atomic E-state index is -7.08. The maximum atomic E-state index is 14.2. The number of halogens is 11. The van der Waals surface area contributed by atoms with Crippen molar-refractivity contribution < 1.29 is 61.5 Å².